The summed E-state index contributed by atoms with van der Waals surface area (Å²) < 4.78 is 1.54. The van der Waals surface area contributed by atoms with Gasteiger partial charge in [-0.05, 0) is 37.8 Å². The summed E-state index contributed by atoms with van der Waals surface area (Å²) in [4.78, 5) is 28.4. The van der Waals surface area contributed by atoms with Crippen molar-refractivity contribution in [2.45, 2.75) is 50.2 Å². The molecule has 4 rings (SSSR count). The standard InChI is InChI=1S/C17H20N4O2/c22-15-6-5-13(17(20-15)7-3-8-17)18-11-12-10-16(23)21-9-2-1-4-14(21)19-12/h1-2,4,9-10,13,18H,3,5-8,11H2,(H,20,22). The number of rotatable bonds is 3. The van der Waals surface area contributed by atoms with Crippen molar-refractivity contribution in [1.82, 2.24) is 20.0 Å². The Morgan fingerprint density at radius 2 is 2.22 bits per heavy atom. The maximum Gasteiger partial charge on any atom is 0.258 e. The molecule has 1 aliphatic carbocycles. The first-order valence-electron chi connectivity index (χ1n) is 8.18. The third kappa shape index (κ3) is 2.53. The van der Waals surface area contributed by atoms with E-state index in [9.17, 15) is 9.59 Å². The van der Waals surface area contributed by atoms with E-state index in [0.717, 1.165) is 31.4 Å². The Labute approximate surface area is 133 Å². The van der Waals surface area contributed by atoms with Crippen LogP contribution in [0.4, 0.5) is 0 Å². The van der Waals surface area contributed by atoms with E-state index >= 15 is 0 Å². The fourth-order valence-electron chi connectivity index (χ4n) is 3.73. The SMILES string of the molecule is O=C1CCC(NCc2cc(=O)n3ccccc3n2)C2(CCC2)N1. The molecule has 2 aliphatic rings. The Hall–Kier alpha value is -2.21. The maximum atomic E-state index is 12.1. The predicted molar refractivity (Wildman–Crippen MR) is 86.0 cm³/mol. The largest absolute Gasteiger partial charge is 0.349 e. The summed E-state index contributed by atoms with van der Waals surface area (Å²) in [6.45, 7) is 0.545. The average Bonchev–Trinajstić information content (AvgIpc) is 2.52. The Morgan fingerprint density at radius 3 is 3.00 bits per heavy atom. The lowest BCUT2D eigenvalue weighted by Crippen LogP contribution is -2.67. The van der Waals surface area contributed by atoms with Crippen molar-refractivity contribution >= 4 is 11.6 Å². The third-order valence-corrected chi connectivity index (χ3v) is 5.11. The molecule has 2 fully saturated rings. The van der Waals surface area contributed by atoms with Gasteiger partial charge in [0.05, 0.1) is 11.2 Å². The van der Waals surface area contributed by atoms with E-state index in [1.165, 1.54) is 4.40 Å². The molecule has 2 aromatic rings. The van der Waals surface area contributed by atoms with Crippen LogP contribution in [0.15, 0.2) is 35.3 Å². The molecule has 1 saturated heterocycles. The van der Waals surface area contributed by atoms with Gasteiger partial charge in [0.2, 0.25) is 5.91 Å². The zero-order valence-corrected chi connectivity index (χ0v) is 12.9. The van der Waals surface area contributed by atoms with Crippen LogP contribution >= 0.6 is 0 Å². The number of hydrogen-bond acceptors (Lipinski definition) is 4. The fourth-order valence-corrected chi connectivity index (χ4v) is 3.73. The number of aromatic nitrogens is 2. The second-order valence-corrected chi connectivity index (χ2v) is 6.54. The molecule has 1 aliphatic heterocycles. The van der Waals surface area contributed by atoms with Crippen LogP contribution < -0.4 is 16.2 Å². The van der Waals surface area contributed by atoms with E-state index in [2.05, 4.69) is 15.6 Å². The van der Waals surface area contributed by atoms with Crippen LogP contribution in [0, 0.1) is 0 Å². The highest BCUT2D eigenvalue weighted by atomic mass is 16.2. The van der Waals surface area contributed by atoms with E-state index in [0.29, 0.717) is 18.6 Å². The lowest BCUT2D eigenvalue weighted by molar-refractivity contribution is -0.128. The number of carbonyl (C=O) groups is 1. The van der Waals surface area contributed by atoms with Gasteiger partial charge >= 0.3 is 0 Å². The van der Waals surface area contributed by atoms with Gasteiger partial charge in [-0.25, -0.2) is 4.98 Å². The topological polar surface area (TPSA) is 75.5 Å². The van der Waals surface area contributed by atoms with Gasteiger partial charge in [0, 0.05) is 31.3 Å². The van der Waals surface area contributed by atoms with Crippen molar-refractivity contribution in [3.05, 3.63) is 46.5 Å². The molecule has 1 saturated carbocycles. The summed E-state index contributed by atoms with van der Waals surface area (Å²) in [5.74, 6) is 0.157. The van der Waals surface area contributed by atoms with Gasteiger partial charge in [-0.2, -0.15) is 0 Å². The summed E-state index contributed by atoms with van der Waals surface area (Å²) in [7, 11) is 0. The summed E-state index contributed by atoms with van der Waals surface area (Å²) in [5.41, 5.74) is 1.25. The highest BCUT2D eigenvalue weighted by Gasteiger charge is 2.47. The van der Waals surface area contributed by atoms with Crippen LogP contribution in [0.1, 0.15) is 37.8 Å². The van der Waals surface area contributed by atoms with E-state index < -0.39 is 0 Å². The molecule has 1 atom stereocenters. The highest BCUT2D eigenvalue weighted by molar-refractivity contribution is 5.78. The smallest absolute Gasteiger partial charge is 0.258 e. The molecule has 6 nitrogen and oxygen atoms in total. The van der Waals surface area contributed by atoms with Crippen LogP contribution in [-0.2, 0) is 11.3 Å². The molecule has 2 N–H and O–H groups in total. The van der Waals surface area contributed by atoms with Crippen molar-refractivity contribution in [2.24, 2.45) is 0 Å². The number of nitrogens with one attached hydrogen (secondary N) is 2. The van der Waals surface area contributed by atoms with Crippen LogP contribution in [0.25, 0.3) is 5.65 Å². The zero-order chi connectivity index (χ0) is 15.9. The van der Waals surface area contributed by atoms with Gasteiger partial charge in [0.25, 0.3) is 5.56 Å². The second kappa shape index (κ2) is 5.45. The molecule has 2 aromatic heterocycles. The molecule has 0 radical (unpaired) electrons. The second-order valence-electron chi connectivity index (χ2n) is 6.54. The number of hydrogen-bond donors (Lipinski definition) is 2. The molecular formula is C17H20N4O2. The normalized spacial score (nSPS) is 22.8. The van der Waals surface area contributed by atoms with E-state index in [1.807, 2.05) is 18.2 Å². The van der Waals surface area contributed by atoms with Gasteiger partial charge in [-0.1, -0.05) is 6.07 Å². The highest BCUT2D eigenvalue weighted by Crippen LogP contribution is 2.38. The zero-order valence-electron chi connectivity index (χ0n) is 12.9. The Balaban J connectivity index is 1.52. The molecular weight excluding hydrogens is 292 g/mol. The molecule has 0 aromatic carbocycles. The molecule has 1 unspecified atom stereocenters. The summed E-state index contributed by atoms with van der Waals surface area (Å²) in [6, 6.07) is 7.36. The number of piperidine rings is 1. The van der Waals surface area contributed by atoms with E-state index in [-0.39, 0.29) is 23.0 Å². The number of amides is 1. The van der Waals surface area contributed by atoms with Crippen molar-refractivity contribution in [3.63, 3.8) is 0 Å². The fraction of sp³-hybridized carbons (Fsp3) is 0.471. The quantitative estimate of drug-likeness (QED) is 0.886. The van der Waals surface area contributed by atoms with Crippen LogP contribution in [-0.4, -0.2) is 26.9 Å². The Kier molecular flexibility index (Phi) is 3.41. The van der Waals surface area contributed by atoms with Crippen molar-refractivity contribution in [2.75, 3.05) is 0 Å². The molecule has 1 amide bonds. The molecule has 0 bridgehead atoms. The van der Waals surface area contributed by atoms with Crippen LogP contribution in [0.5, 0.6) is 0 Å². The minimum absolute atomic E-state index is 0.0669. The van der Waals surface area contributed by atoms with Crippen molar-refractivity contribution in [3.8, 4) is 0 Å². The van der Waals surface area contributed by atoms with Gasteiger partial charge < -0.3 is 10.6 Å². The van der Waals surface area contributed by atoms with Gasteiger partial charge in [0.1, 0.15) is 5.65 Å². The monoisotopic (exact) mass is 312 g/mol. The first-order valence-corrected chi connectivity index (χ1v) is 8.18. The summed E-state index contributed by atoms with van der Waals surface area (Å²) in [6.07, 6.45) is 6.36. The maximum absolute atomic E-state index is 12.1. The Morgan fingerprint density at radius 1 is 1.35 bits per heavy atom. The van der Waals surface area contributed by atoms with Crippen LogP contribution in [0.3, 0.4) is 0 Å². The lowest BCUT2D eigenvalue weighted by atomic mass is 9.68. The minimum Gasteiger partial charge on any atom is -0.349 e. The van der Waals surface area contributed by atoms with E-state index in [1.54, 1.807) is 12.3 Å². The van der Waals surface area contributed by atoms with Gasteiger partial charge in [0.15, 0.2) is 0 Å². The average molecular weight is 312 g/mol. The van der Waals surface area contributed by atoms with Crippen molar-refractivity contribution in [1.29, 1.82) is 0 Å². The minimum atomic E-state index is -0.0821. The predicted octanol–water partition coefficient (Wildman–Crippen LogP) is 0.985. The molecule has 23 heavy (non-hydrogen) atoms. The van der Waals surface area contributed by atoms with Crippen molar-refractivity contribution < 1.29 is 4.79 Å². The molecule has 6 heteroatoms. The summed E-state index contributed by atoms with van der Waals surface area (Å²) >= 11 is 0. The molecule has 120 valence electrons. The van der Waals surface area contributed by atoms with Gasteiger partial charge in [-0.15, -0.1) is 0 Å². The number of fused-ring (bicyclic) bond motifs is 1. The number of nitrogens with zero attached hydrogens (tertiary/aromatic N) is 2. The van der Waals surface area contributed by atoms with E-state index in [4.69, 9.17) is 0 Å². The first-order chi connectivity index (χ1) is 11.2. The first kappa shape index (κ1) is 14.4. The number of pyridine rings is 1. The Bertz CT molecular complexity index is 810. The summed E-state index contributed by atoms with van der Waals surface area (Å²) in [5, 5.41) is 6.69. The lowest BCUT2D eigenvalue weighted by Gasteiger charge is -2.51. The molecule has 1 spiro atoms. The third-order valence-electron chi connectivity index (χ3n) is 5.11. The van der Waals surface area contributed by atoms with Gasteiger partial charge in [-0.3, -0.25) is 14.0 Å². The van der Waals surface area contributed by atoms with Crippen LogP contribution in [0.2, 0.25) is 0 Å². The molecule has 3 heterocycles. The number of carbonyl (C=O) groups excluding carboxylic acids is 1.